The summed E-state index contributed by atoms with van der Waals surface area (Å²) in [6.45, 7) is 2.33. The molecule has 1 aliphatic heterocycles. The molecule has 0 amide bonds. The van der Waals surface area contributed by atoms with Crippen molar-refractivity contribution in [2.24, 2.45) is 10.4 Å². The van der Waals surface area contributed by atoms with Crippen LogP contribution in [0.1, 0.15) is 37.1 Å². The smallest absolute Gasteiger partial charge is 0.302 e. The van der Waals surface area contributed by atoms with Crippen LogP contribution in [0, 0.1) is 0 Å². The summed E-state index contributed by atoms with van der Waals surface area (Å²) < 4.78 is 10.6. The predicted octanol–water partition coefficient (Wildman–Crippen LogP) is 4.85. The van der Waals surface area contributed by atoms with Crippen LogP contribution >= 0.6 is 0 Å². The van der Waals surface area contributed by atoms with Crippen LogP contribution in [0.15, 0.2) is 82.5 Å². The maximum atomic E-state index is 11.0. The number of hydrogen-bond donors (Lipinski definition) is 1. The third kappa shape index (κ3) is 4.77. The number of esters is 1. The molecule has 7 heteroatoms. The van der Waals surface area contributed by atoms with E-state index in [9.17, 15) is 4.79 Å². The molecule has 31 heavy (non-hydrogen) atoms. The number of hydrogen-bond acceptors (Lipinski definition) is 7. The van der Waals surface area contributed by atoms with Crippen molar-refractivity contribution in [1.82, 2.24) is 10.4 Å². The fourth-order valence-electron chi connectivity index (χ4n) is 3.83. The van der Waals surface area contributed by atoms with Gasteiger partial charge in [-0.25, -0.2) is 5.01 Å². The Morgan fingerprint density at radius 2 is 2.00 bits per heavy atom. The van der Waals surface area contributed by atoms with Gasteiger partial charge in [0.05, 0.1) is 13.7 Å². The van der Waals surface area contributed by atoms with E-state index in [0.29, 0.717) is 6.54 Å². The fourth-order valence-corrected chi connectivity index (χ4v) is 3.83. The first kappa shape index (κ1) is 20.7. The lowest BCUT2D eigenvalue weighted by Gasteiger charge is -2.26. The van der Waals surface area contributed by atoms with Crippen molar-refractivity contribution >= 4 is 5.97 Å². The molecule has 0 aromatic heterocycles. The largest absolute Gasteiger partial charge is 0.497 e. The summed E-state index contributed by atoms with van der Waals surface area (Å²) in [5.74, 6) is 0.623. The monoisotopic (exact) mass is 418 g/mol. The van der Waals surface area contributed by atoms with Gasteiger partial charge in [-0.2, -0.15) is 0 Å². The minimum Gasteiger partial charge on any atom is -0.497 e. The van der Waals surface area contributed by atoms with Crippen molar-refractivity contribution in [1.29, 1.82) is 0 Å². The predicted molar refractivity (Wildman–Crippen MR) is 117 cm³/mol. The lowest BCUT2D eigenvalue weighted by Crippen LogP contribution is -2.29. The Morgan fingerprint density at radius 3 is 2.77 bits per heavy atom. The first-order valence-electron chi connectivity index (χ1n) is 10.3. The summed E-state index contributed by atoms with van der Waals surface area (Å²) in [6.07, 6.45) is 5.93. The van der Waals surface area contributed by atoms with Crippen molar-refractivity contribution in [2.75, 3.05) is 13.7 Å². The van der Waals surface area contributed by atoms with Gasteiger partial charge in [-0.15, -0.1) is 0 Å². The summed E-state index contributed by atoms with van der Waals surface area (Å²) in [6, 6.07) is 16.3. The van der Waals surface area contributed by atoms with Crippen molar-refractivity contribution in [3.8, 4) is 11.1 Å². The third-order valence-electron chi connectivity index (χ3n) is 5.40. The van der Waals surface area contributed by atoms with E-state index < -0.39 is 0 Å². The zero-order valence-corrected chi connectivity index (χ0v) is 17.7. The summed E-state index contributed by atoms with van der Waals surface area (Å²) in [5, 5.41) is 10.4. The maximum absolute atomic E-state index is 11.0. The van der Waals surface area contributed by atoms with Crippen LogP contribution in [-0.4, -0.2) is 24.6 Å². The molecule has 1 unspecified atom stereocenters. The summed E-state index contributed by atoms with van der Waals surface area (Å²) in [7, 11) is 1.70. The molecule has 7 nitrogen and oxygen atoms in total. The summed E-state index contributed by atoms with van der Waals surface area (Å²) >= 11 is 0. The molecule has 0 spiro atoms. The van der Waals surface area contributed by atoms with Crippen LogP contribution < -0.4 is 5.43 Å². The van der Waals surface area contributed by atoms with Gasteiger partial charge in [-0.1, -0.05) is 65.1 Å². The van der Waals surface area contributed by atoms with Gasteiger partial charge in [0.25, 0.3) is 0 Å². The van der Waals surface area contributed by atoms with E-state index in [-0.39, 0.29) is 18.7 Å². The number of allylic oxidation sites excluding steroid dienone is 2. The van der Waals surface area contributed by atoms with Gasteiger partial charge in [0.1, 0.15) is 12.4 Å². The SMILES string of the molecule is COC1=C(CN2N=NNC2c2ccccc2-c2ccc(COC(C)=O)cc2)CCC=C1. The standard InChI is InChI=1S/C24H26N4O3/c1-17(29)31-16-18-11-13-19(14-12-18)21-8-4-5-9-22(21)24-25-26-27-28(24)15-20-7-3-6-10-23(20)30-2/h4-6,8-14,24H,3,7,15-16H2,1-2H3,(H,25,27). The quantitative estimate of drug-likeness (QED) is 0.651. The molecular weight excluding hydrogens is 392 g/mol. The van der Waals surface area contributed by atoms with Gasteiger partial charge in [0, 0.05) is 12.5 Å². The second-order valence-corrected chi connectivity index (χ2v) is 7.50. The molecular formula is C24H26N4O3. The fraction of sp³-hybridized carbons (Fsp3) is 0.292. The second kappa shape index (κ2) is 9.47. The molecule has 1 N–H and O–H groups in total. The van der Waals surface area contributed by atoms with E-state index in [1.807, 2.05) is 47.5 Å². The number of nitrogens with one attached hydrogen (secondary N) is 1. The van der Waals surface area contributed by atoms with E-state index >= 15 is 0 Å². The Bertz CT molecular complexity index is 1030. The molecule has 1 atom stereocenters. The average Bonchev–Trinajstić information content (AvgIpc) is 3.26. The van der Waals surface area contributed by atoms with Crippen LogP contribution in [-0.2, 0) is 20.9 Å². The van der Waals surface area contributed by atoms with Crippen LogP contribution in [0.25, 0.3) is 11.1 Å². The number of nitrogens with zero attached hydrogens (tertiary/aromatic N) is 3. The Labute approximate surface area is 182 Å². The minimum absolute atomic E-state index is 0.173. The van der Waals surface area contributed by atoms with E-state index in [1.165, 1.54) is 12.5 Å². The molecule has 2 aliphatic rings. The molecule has 0 radical (unpaired) electrons. The zero-order chi connectivity index (χ0) is 21.6. The van der Waals surface area contributed by atoms with E-state index in [0.717, 1.165) is 40.9 Å². The van der Waals surface area contributed by atoms with Crippen molar-refractivity contribution in [3.63, 3.8) is 0 Å². The Kier molecular flexibility index (Phi) is 6.31. The first-order chi connectivity index (χ1) is 15.2. The number of carbonyl (C=O) groups excluding carboxylic acids is 1. The molecule has 1 heterocycles. The van der Waals surface area contributed by atoms with Crippen molar-refractivity contribution in [3.05, 3.63) is 83.1 Å². The molecule has 0 saturated heterocycles. The molecule has 0 bridgehead atoms. The van der Waals surface area contributed by atoms with Gasteiger partial charge in [-0.05, 0) is 41.2 Å². The van der Waals surface area contributed by atoms with Crippen molar-refractivity contribution in [2.45, 2.75) is 32.5 Å². The maximum Gasteiger partial charge on any atom is 0.302 e. The molecule has 4 rings (SSSR count). The third-order valence-corrected chi connectivity index (χ3v) is 5.40. The highest BCUT2D eigenvalue weighted by Crippen LogP contribution is 2.34. The Morgan fingerprint density at radius 1 is 1.19 bits per heavy atom. The highest BCUT2D eigenvalue weighted by molar-refractivity contribution is 5.68. The van der Waals surface area contributed by atoms with Crippen LogP contribution in [0.3, 0.4) is 0 Å². The zero-order valence-electron chi connectivity index (χ0n) is 17.7. The number of methoxy groups -OCH3 is 1. The highest BCUT2D eigenvalue weighted by atomic mass is 16.5. The summed E-state index contributed by atoms with van der Waals surface area (Å²) in [5.41, 5.74) is 8.57. The molecule has 2 aromatic rings. The topological polar surface area (TPSA) is 75.5 Å². The molecule has 1 aliphatic carbocycles. The van der Waals surface area contributed by atoms with Gasteiger partial charge >= 0.3 is 5.97 Å². The van der Waals surface area contributed by atoms with Gasteiger partial charge in [0.15, 0.2) is 6.17 Å². The van der Waals surface area contributed by atoms with Gasteiger partial charge < -0.3 is 9.47 Å². The average molecular weight is 418 g/mol. The van der Waals surface area contributed by atoms with E-state index in [2.05, 4.69) is 34.1 Å². The number of ether oxygens (including phenoxy) is 2. The molecule has 2 aromatic carbocycles. The van der Waals surface area contributed by atoms with E-state index in [4.69, 9.17) is 9.47 Å². The molecule has 160 valence electrons. The lowest BCUT2D eigenvalue weighted by molar-refractivity contribution is -0.142. The van der Waals surface area contributed by atoms with Crippen LogP contribution in [0.4, 0.5) is 0 Å². The second-order valence-electron chi connectivity index (χ2n) is 7.50. The Balaban J connectivity index is 1.57. The number of rotatable bonds is 7. The number of benzene rings is 2. The molecule has 0 fully saturated rings. The number of carbonyl (C=O) groups is 1. The molecule has 0 saturated carbocycles. The van der Waals surface area contributed by atoms with Gasteiger partial charge in [0.2, 0.25) is 0 Å². The Hall–Kier alpha value is -3.61. The van der Waals surface area contributed by atoms with Crippen LogP contribution in [0.2, 0.25) is 0 Å². The van der Waals surface area contributed by atoms with Crippen LogP contribution in [0.5, 0.6) is 0 Å². The van der Waals surface area contributed by atoms with Crippen molar-refractivity contribution < 1.29 is 14.3 Å². The van der Waals surface area contributed by atoms with E-state index in [1.54, 1.807) is 7.11 Å². The van der Waals surface area contributed by atoms with Gasteiger partial charge in [-0.3, -0.25) is 10.2 Å². The highest BCUT2D eigenvalue weighted by Gasteiger charge is 2.28. The first-order valence-corrected chi connectivity index (χ1v) is 10.3. The normalized spacial score (nSPS) is 17.6. The summed E-state index contributed by atoms with van der Waals surface area (Å²) in [4.78, 5) is 11.0. The minimum atomic E-state index is -0.283. The lowest BCUT2D eigenvalue weighted by atomic mass is 9.96.